The molecule has 7 heteroatoms. The number of nitrogens with zero attached hydrogens (tertiary/aromatic N) is 1. The van der Waals surface area contributed by atoms with Crippen LogP contribution in [0.15, 0.2) is 47.4 Å². The van der Waals surface area contributed by atoms with E-state index < -0.39 is 10.0 Å². The Morgan fingerprint density at radius 1 is 1.24 bits per heavy atom. The summed E-state index contributed by atoms with van der Waals surface area (Å²) in [5.74, 6) is 0.265. The van der Waals surface area contributed by atoms with Gasteiger partial charge in [-0.15, -0.1) is 0 Å². The van der Waals surface area contributed by atoms with E-state index in [1.807, 2.05) is 6.07 Å². The maximum absolute atomic E-state index is 12.4. The number of hydrogen-bond donors (Lipinski definition) is 2. The second kappa shape index (κ2) is 5.73. The minimum Gasteiger partial charge on any atom is -0.495 e. The minimum atomic E-state index is -3.86. The van der Waals surface area contributed by atoms with Crippen molar-refractivity contribution in [3.8, 4) is 11.8 Å². The van der Waals surface area contributed by atoms with Crippen molar-refractivity contribution in [1.29, 1.82) is 5.26 Å². The summed E-state index contributed by atoms with van der Waals surface area (Å²) in [6.45, 7) is 0. The summed E-state index contributed by atoms with van der Waals surface area (Å²) in [6.07, 6.45) is 0. The Kier molecular flexibility index (Phi) is 4.00. The van der Waals surface area contributed by atoms with Gasteiger partial charge in [0.25, 0.3) is 10.0 Å². The maximum Gasteiger partial charge on any atom is 0.262 e. The van der Waals surface area contributed by atoms with Gasteiger partial charge >= 0.3 is 0 Å². The number of hydrogen-bond acceptors (Lipinski definition) is 5. The highest BCUT2D eigenvalue weighted by atomic mass is 32.2. The number of nitrogens with one attached hydrogen (secondary N) is 1. The van der Waals surface area contributed by atoms with Gasteiger partial charge in [-0.25, -0.2) is 8.42 Å². The first-order valence-electron chi connectivity index (χ1n) is 5.93. The van der Waals surface area contributed by atoms with Crippen molar-refractivity contribution in [1.82, 2.24) is 0 Å². The molecule has 108 valence electrons. The molecular weight excluding hydrogens is 290 g/mol. The van der Waals surface area contributed by atoms with E-state index in [9.17, 15) is 8.42 Å². The van der Waals surface area contributed by atoms with E-state index in [1.165, 1.54) is 31.4 Å². The van der Waals surface area contributed by atoms with Gasteiger partial charge in [-0.1, -0.05) is 12.1 Å². The summed E-state index contributed by atoms with van der Waals surface area (Å²) in [6, 6.07) is 12.5. The zero-order chi connectivity index (χ0) is 15.5. The van der Waals surface area contributed by atoms with Gasteiger partial charge in [0.15, 0.2) is 0 Å². The Morgan fingerprint density at radius 3 is 2.57 bits per heavy atom. The van der Waals surface area contributed by atoms with Crippen LogP contribution in [-0.2, 0) is 10.0 Å². The van der Waals surface area contributed by atoms with E-state index in [2.05, 4.69) is 4.72 Å². The monoisotopic (exact) mass is 303 g/mol. The van der Waals surface area contributed by atoms with Crippen LogP contribution in [0.5, 0.6) is 5.75 Å². The first-order chi connectivity index (χ1) is 9.97. The van der Waals surface area contributed by atoms with Crippen molar-refractivity contribution in [2.24, 2.45) is 0 Å². The molecular formula is C14H13N3O3S. The number of ether oxygens (including phenoxy) is 1. The van der Waals surface area contributed by atoms with Crippen LogP contribution in [0.1, 0.15) is 5.56 Å². The van der Waals surface area contributed by atoms with E-state index >= 15 is 0 Å². The Morgan fingerprint density at radius 2 is 1.95 bits per heavy atom. The van der Waals surface area contributed by atoms with Gasteiger partial charge in [0.05, 0.1) is 17.6 Å². The second-order valence-electron chi connectivity index (χ2n) is 4.17. The van der Waals surface area contributed by atoms with Gasteiger partial charge in [-0.2, -0.15) is 5.26 Å². The molecule has 3 N–H and O–H groups in total. The van der Waals surface area contributed by atoms with Gasteiger partial charge in [0.2, 0.25) is 0 Å². The zero-order valence-electron chi connectivity index (χ0n) is 11.2. The molecule has 0 saturated heterocycles. The fourth-order valence-electron chi connectivity index (χ4n) is 1.77. The fraction of sp³-hybridized carbons (Fsp3) is 0.0714. The number of methoxy groups -OCH3 is 1. The first kappa shape index (κ1) is 14.7. The molecule has 0 radical (unpaired) electrons. The van der Waals surface area contributed by atoms with Crippen molar-refractivity contribution in [3.63, 3.8) is 0 Å². The fourth-order valence-corrected chi connectivity index (χ4v) is 2.92. The molecule has 0 aliphatic carbocycles. The van der Waals surface area contributed by atoms with Gasteiger partial charge in [0, 0.05) is 5.69 Å². The molecule has 0 aliphatic rings. The lowest BCUT2D eigenvalue weighted by atomic mass is 10.2. The van der Waals surface area contributed by atoms with E-state index in [4.69, 9.17) is 15.7 Å². The summed E-state index contributed by atoms with van der Waals surface area (Å²) in [5, 5.41) is 9.09. The minimum absolute atomic E-state index is 0.0114. The lowest BCUT2D eigenvalue weighted by Gasteiger charge is -2.13. The summed E-state index contributed by atoms with van der Waals surface area (Å²) in [5.41, 5.74) is 6.19. The number of rotatable bonds is 4. The largest absolute Gasteiger partial charge is 0.495 e. The molecule has 2 aromatic carbocycles. The van der Waals surface area contributed by atoms with Crippen LogP contribution in [-0.4, -0.2) is 15.5 Å². The molecule has 0 unspecified atom stereocenters. The highest BCUT2D eigenvalue weighted by Crippen LogP contribution is 2.30. The standard InChI is InChI=1S/C14H13N3O3S/c1-20-13-7-2-4-10(9-15)14(13)17-21(18,19)12-6-3-5-11(16)8-12/h2-8,17H,16H2,1H3. The normalized spacial score (nSPS) is 10.7. The molecule has 0 fully saturated rings. The summed E-state index contributed by atoms with van der Waals surface area (Å²) < 4.78 is 32.2. The van der Waals surface area contributed by atoms with Crippen LogP contribution < -0.4 is 15.2 Å². The molecule has 21 heavy (non-hydrogen) atoms. The quantitative estimate of drug-likeness (QED) is 0.840. The van der Waals surface area contributed by atoms with E-state index in [-0.39, 0.29) is 21.9 Å². The van der Waals surface area contributed by atoms with Crippen LogP contribution in [0.25, 0.3) is 0 Å². The highest BCUT2D eigenvalue weighted by molar-refractivity contribution is 7.92. The van der Waals surface area contributed by atoms with E-state index in [0.29, 0.717) is 5.69 Å². The lowest BCUT2D eigenvalue weighted by Crippen LogP contribution is -2.15. The molecule has 0 amide bonds. The van der Waals surface area contributed by atoms with Crippen molar-refractivity contribution < 1.29 is 13.2 Å². The van der Waals surface area contributed by atoms with Crippen molar-refractivity contribution >= 4 is 21.4 Å². The van der Waals surface area contributed by atoms with Crippen LogP contribution in [0, 0.1) is 11.3 Å². The molecule has 0 aromatic heterocycles. The molecule has 6 nitrogen and oxygen atoms in total. The third-order valence-electron chi connectivity index (χ3n) is 2.77. The average molecular weight is 303 g/mol. The summed E-state index contributed by atoms with van der Waals surface area (Å²) in [7, 11) is -2.46. The predicted molar refractivity (Wildman–Crippen MR) is 79.4 cm³/mol. The van der Waals surface area contributed by atoms with Crippen molar-refractivity contribution in [2.45, 2.75) is 4.90 Å². The number of nitrogen functional groups attached to an aromatic ring is 1. The molecule has 0 saturated carbocycles. The van der Waals surface area contributed by atoms with Gasteiger partial charge in [0.1, 0.15) is 17.5 Å². The third-order valence-corrected chi connectivity index (χ3v) is 4.12. The topological polar surface area (TPSA) is 105 Å². The van der Waals surface area contributed by atoms with E-state index in [0.717, 1.165) is 0 Å². The summed E-state index contributed by atoms with van der Waals surface area (Å²) in [4.78, 5) is 0.0114. The number of nitriles is 1. The molecule has 0 atom stereocenters. The number of para-hydroxylation sites is 1. The van der Waals surface area contributed by atoms with Gasteiger partial charge < -0.3 is 10.5 Å². The SMILES string of the molecule is COc1cccc(C#N)c1NS(=O)(=O)c1cccc(N)c1. The smallest absolute Gasteiger partial charge is 0.262 e. The third kappa shape index (κ3) is 3.07. The Bertz CT molecular complexity index is 810. The number of sulfonamides is 1. The Balaban J connectivity index is 2.49. The Labute approximate surface area is 122 Å². The molecule has 0 bridgehead atoms. The van der Waals surface area contributed by atoms with Crippen LogP contribution >= 0.6 is 0 Å². The van der Waals surface area contributed by atoms with Crippen molar-refractivity contribution in [2.75, 3.05) is 17.6 Å². The summed E-state index contributed by atoms with van der Waals surface area (Å²) >= 11 is 0. The van der Waals surface area contributed by atoms with Crippen LogP contribution in [0.4, 0.5) is 11.4 Å². The van der Waals surface area contributed by atoms with Crippen LogP contribution in [0.2, 0.25) is 0 Å². The molecule has 0 heterocycles. The van der Waals surface area contributed by atoms with Crippen LogP contribution in [0.3, 0.4) is 0 Å². The number of nitrogens with two attached hydrogens (primary N) is 1. The average Bonchev–Trinajstić information content (AvgIpc) is 2.47. The highest BCUT2D eigenvalue weighted by Gasteiger charge is 2.19. The van der Waals surface area contributed by atoms with Gasteiger partial charge in [-0.05, 0) is 30.3 Å². The maximum atomic E-state index is 12.4. The number of anilines is 2. The number of benzene rings is 2. The van der Waals surface area contributed by atoms with E-state index in [1.54, 1.807) is 18.2 Å². The molecule has 2 rings (SSSR count). The lowest BCUT2D eigenvalue weighted by molar-refractivity contribution is 0.417. The molecule has 2 aromatic rings. The second-order valence-corrected chi connectivity index (χ2v) is 5.86. The van der Waals surface area contributed by atoms with Gasteiger partial charge in [-0.3, -0.25) is 4.72 Å². The predicted octanol–water partition coefficient (Wildman–Crippen LogP) is 1.95. The van der Waals surface area contributed by atoms with Crippen molar-refractivity contribution in [3.05, 3.63) is 48.0 Å². The first-order valence-corrected chi connectivity index (χ1v) is 7.41. The molecule has 0 aliphatic heterocycles. The zero-order valence-corrected chi connectivity index (χ0v) is 12.0. The molecule has 0 spiro atoms. The Hall–Kier alpha value is -2.72.